The van der Waals surface area contributed by atoms with Crippen LogP contribution in [0.3, 0.4) is 0 Å². The van der Waals surface area contributed by atoms with Crippen molar-refractivity contribution in [3.05, 3.63) is 0 Å². The molecule has 0 bridgehead atoms. The molecule has 2 N–H and O–H groups in total. The summed E-state index contributed by atoms with van der Waals surface area (Å²) in [5.74, 6) is -0.184. The normalized spacial score (nSPS) is 12.5. The van der Waals surface area contributed by atoms with Crippen LogP contribution in [0, 0.1) is 5.92 Å². The largest absolute Gasteiger partial charge is 0.481 e. The van der Waals surface area contributed by atoms with Crippen molar-refractivity contribution in [2.24, 2.45) is 5.92 Å². The molecule has 1 atom stereocenters. The van der Waals surface area contributed by atoms with Crippen LogP contribution in [0.1, 0.15) is 84.0 Å². The molecule has 0 rings (SSSR count). The standard InChI is InChI=1S/C16H32O3/c1-2-3-8-11-15(14-17)12-9-6-4-5-7-10-13-16(18)19/h15,17H,2-14H2,1H3,(H,18,19). The number of aliphatic carboxylic acids is 1. The second-order valence-corrected chi connectivity index (χ2v) is 5.60. The van der Waals surface area contributed by atoms with Crippen molar-refractivity contribution in [2.45, 2.75) is 84.0 Å². The molecule has 0 aromatic heterocycles. The van der Waals surface area contributed by atoms with Gasteiger partial charge in [0.1, 0.15) is 0 Å². The van der Waals surface area contributed by atoms with E-state index in [2.05, 4.69) is 6.92 Å². The fourth-order valence-electron chi connectivity index (χ4n) is 2.43. The summed E-state index contributed by atoms with van der Waals surface area (Å²) in [6.07, 6.45) is 13.0. The summed E-state index contributed by atoms with van der Waals surface area (Å²) in [5, 5.41) is 17.8. The highest BCUT2D eigenvalue weighted by Gasteiger charge is 2.06. The third kappa shape index (κ3) is 13.7. The molecule has 0 aliphatic carbocycles. The van der Waals surface area contributed by atoms with Crippen molar-refractivity contribution in [2.75, 3.05) is 6.61 Å². The highest BCUT2D eigenvalue weighted by Crippen LogP contribution is 2.17. The SMILES string of the molecule is CCCCCC(CO)CCCCCCCCC(=O)O. The Balaban J connectivity index is 3.28. The Morgan fingerprint density at radius 3 is 1.95 bits per heavy atom. The molecule has 0 fully saturated rings. The lowest BCUT2D eigenvalue weighted by molar-refractivity contribution is -0.137. The molecule has 0 saturated heterocycles. The molecule has 3 heteroatoms. The van der Waals surface area contributed by atoms with Gasteiger partial charge in [0.05, 0.1) is 0 Å². The van der Waals surface area contributed by atoms with Crippen molar-refractivity contribution in [3.63, 3.8) is 0 Å². The Hall–Kier alpha value is -0.570. The number of carboxylic acid groups (broad SMARTS) is 1. The Labute approximate surface area is 118 Å². The van der Waals surface area contributed by atoms with E-state index in [0.717, 1.165) is 25.7 Å². The quantitative estimate of drug-likeness (QED) is 0.461. The van der Waals surface area contributed by atoms with Crippen LogP contribution in [0.5, 0.6) is 0 Å². The van der Waals surface area contributed by atoms with E-state index in [1.807, 2.05) is 0 Å². The van der Waals surface area contributed by atoms with E-state index in [9.17, 15) is 9.90 Å². The van der Waals surface area contributed by atoms with Crippen LogP contribution in [0.25, 0.3) is 0 Å². The predicted molar refractivity (Wildman–Crippen MR) is 79.3 cm³/mol. The number of carbonyl (C=O) groups is 1. The van der Waals surface area contributed by atoms with Crippen LogP contribution in [-0.4, -0.2) is 22.8 Å². The summed E-state index contributed by atoms with van der Waals surface area (Å²) in [4.78, 5) is 10.3. The topological polar surface area (TPSA) is 57.5 Å². The molecule has 0 spiro atoms. The lowest BCUT2D eigenvalue weighted by Crippen LogP contribution is -2.06. The van der Waals surface area contributed by atoms with Gasteiger partial charge < -0.3 is 10.2 Å². The van der Waals surface area contributed by atoms with Gasteiger partial charge >= 0.3 is 5.97 Å². The molecule has 3 nitrogen and oxygen atoms in total. The minimum Gasteiger partial charge on any atom is -0.481 e. The van der Waals surface area contributed by atoms with Crippen LogP contribution >= 0.6 is 0 Å². The molecule has 0 heterocycles. The van der Waals surface area contributed by atoms with Gasteiger partial charge in [-0.15, -0.1) is 0 Å². The summed E-state index contributed by atoms with van der Waals surface area (Å²) in [5.41, 5.74) is 0. The van der Waals surface area contributed by atoms with E-state index in [1.165, 1.54) is 44.9 Å². The predicted octanol–water partition coefficient (Wildman–Crippen LogP) is 4.38. The summed E-state index contributed by atoms with van der Waals surface area (Å²) in [6, 6.07) is 0. The molecule has 0 aliphatic rings. The molecular formula is C16H32O3. The van der Waals surface area contributed by atoms with Crippen molar-refractivity contribution < 1.29 is 15.0 Å². The summed E-state index contributed by atoms with van der Waals surface area (Å²) in [7, 11) is 0. The lowest BCUT2D eigenvalue weighted by Gasteiger charge is -2.13. The third-order valence-corrected chi connectivity index (χ3v) is 3.73. The molecule has 114 valence electrons. The van der Waals surface area contributed by atoms with Gasteiger partial charge in [0.2, 0.25) is 0 Å². The van der Waals surface area contributed by atoms with E-state index in [4.69, 9.17) is 5.11 Å². The first-order valence-corrected chi connectivity index (χ1v) is 8.03. The van der Waals surface area contributed by atoms with Crippen molar-refractivity contribution in [1.29, 1.82) is 0 Å². The van der Waals surface area contributed by atoms with E-state index < -0.39 is 5.97 Å². The number of rotatable bonds is 14. The average molecular weight is 272 g/mol. The zero-order valence-corrected chi connectivity index (χ0v) is 12.6. The fourth-order valence-corrected chi connectivity index (χ4v) is 2.43. The number of aliphatic hydroxyl groups is 1. The minimum absolute atomic E-state index is 0.310. The second kappa shape index (κ2) is 13.9. The molecule has 0 aliphatic heterocycles. The number of carboxylic acids is 1. The van der Waals surface area contributed by atoms with Gasteiger partial charge in [-0.25, -0.2) is 0 Å². The van der Waals surface area contributed by atoms with Crippen molar-refractivity contribution >= 4 is 5.97 Å². The van der Waals surface area contributed by atoms with Gasteiger partial charge in [-0.3, -0.25) is 4.79 Å². The zero-order chi connectivity index (χ0) is 14.3. The number of hydrogen-bond donors (Lipinski definition) is 2. The van der Waals surface area contributed by atoms with Crippen LogP contribution in [0.4, 0.5) is 0 Å². The first-order valence-electron chi connectivity index (χ1n) is 8.03. The summed E-state index contributed by atoms with van der Waals surface area (Å²) >= 11 is 0. The maximum atomic E-state index is 10.3. The lowest BCUT2D eigenvalue weighted by atomic mass is 9.95. The maximum Gasteiger partial charge on any atom is 0.303 e. The molecule has 0 aromatic rings. The Morgan fingerprint density at radius 1 is 0.895 bits per heavy atom. The van der Waals surface area contributed by atoms with Crippen LogP contribution in [0.15, 0.2) is 0 Å². The third-order valence-electron chi connectivity index (χ3n) is 3.73. The molecule has 0 radical (unpaired) electrons. The van der Waals surface area contributed by atoms with E-state index >= 15 is 0 Å². The first-order chi connectivity index (χ1) is 9.20. The highest BCUT2D eigenvalue weighted by atomic mass is 16.4. The molecule has 1 unspecified atom stereocenters. The summed E-state index contributed by atoms with van der Waals surface area (Å²) in [6.45, 7) is 2.54. The Bertz CT molecular complexity index is 204. The van der Waals surface area contributed by atoms with Gasteiger partial charge in [-0.2, -0.15) is 0 Å². The van der Waals surface area contributed by atoms with Crippen LogP contribution in [0.2, 0.25) is 0 Å². The average Bonchev–Trinajstić information content (AvgIpc) is 2.39. The van der Waals surface area contributed by atoms with Gasteiger partial charge in [-0.05, 0) is 25.2 Å². The summed E-state index contributed by atoms with van der Waals surface area (Å²) < 4.78 is 0. The van der Waals surface area contributed by atoms with Gasteiger partial charge in [0.25, 0.3) is 0 Å². The van der Waals surface area contributed by atoms with E-state index in [-0.39, 0.29) is 0 Å². The van der Waals surface area contributed by atoms with E-state index in [1.54, 1.807) is 0 Å². The molecule has 0 aromatic carbocycles. The van der Waals surface area contributed by atoms with Crippen molar-refractivity contribution in [3.8, 4) is 0 Å². The maximum absolute atomic E-state index is 10.3. The monoisotopic (exact) mass is 272 g/mol. The molecular weight excluding hydrogens is 240 g/mol. The number of aliphatic hydroxyl groups excluding tert-OH is 1. The van der Waals surface area contributed by atoms with Crippen LogP contribution in [-0.2, 0) is 4.79 Å². The molecule has 19 heavy (non-hydrogen) atoms. The molecule has 0 saturated carbocycles. The Kier molecular flexibility index (Phi) is 13.4. The van der Waals surface area contributed by atoms with Gasteiger partial charge in [-0.1, -0.05) is 58.3 Å². The smallest absolute Gasteiger partial charge is 0.303 e. The number of unbranched alkanes of at least 4 members (excludes halogenated alkanes) is 7. The van der Waals surface area contributed by atoms with Crippen molar-refractivity contribution in [1.82, 2.24) is 0 Å². The van der Waals surface area contributed by atoms with Gasteiger partial charge in [0.15, 0.2) is 0 Å². The second-order valence-electron chi connectivity index (χ2n) is 5.60. The highest BCUT2D eigenvalue weighted by molar-refractivity contribution is 5.66. The minimum atomic E-state index is -0.683. The fraction of sp³-hybridized carbons (Fsp3) is 0.938. The first kappa shape index (κ1) is 18.4. The van der Waals surface area contributed by atoms with Crippen LogP contribution < -0.4 is 0 Å². The van der Waals surface area contributed by atoms with E-state index in [0.29, 0.717) is 18.9 Å². The van der Waals surface area contributed by atoms with Gasteiger partial charge in [0, 0.05) is 13.0 Å². The number of hydrogen-bond acceptors (Lipinski definition) is 2. The zero-order valence-electron chi connectivity index (χ0n) is 12.6. The Morgan fingerprint density at radius 2 is 1.42 bits per heavy atom. The molecule has 0 amide bonds.